The summed E-state index contributed by atoms with van der Waals surface area (Å²) in [7, 11) is 0. The molecule has 22 heavy (non-hydrogen) atoms. The molecule has 5 heteroatoms. The molecule has 2 heterocycles. The lowest BCUT2D eigenvalue weighted by Crippen LogP contribution is -2.12. The van der Waals surface area contributed by atoms with E-state index in [1.165, 1.54) is 6.26 Å². The van der Waals surface area contributed by atoms with Crippen LogP contribution < -0.4 is 5.32 Å². The second-order valence-electron chi connectivity index (χ2n) is 4.73. The standard InChI is InChI=1S/C17H13NO4/c1-11-13(15-8-7-12(10-19)22-15)4-2-5-14(11)18-17(20)16-6-3-9-21-16/h2-10H,1H3,(H,18,20). The highest BCUT2D eigenvalue weighted by atomic mass is 16.3. The normalized spacial score (nSPS) is 10.4. The summed E-state index contributed by atoms with van der Waals surface area (Å²) in [6.45, 7) is 1.87. The highest BCUT2D eigenvalue weighted by Crippen LogP contribution is 2.30. The summed E-state index contributed by atoms with van der Waals surface area (Å²) >= 11 is 0. The van der Waals surface area contributed by atoms with Crippen molar-refractivity contribution in [1.82, 2.24) is 0 Å². The number of aldehydes is 1. The van der Waals surface area contributed by atoms with Gasteiger partial charge in [0.15, 0.2) is 17.8 Å². The third-order valence-corrected chi connectivity index (χ3v) is 3.34. The Kier molecular flexibility index (Phi) is 3.62. The molecule has 110 valence electrons. The Labute approximate surface area is 126 Å². The second-order valence-corrected chi connectivity index (χ2v) is 4.73. The Morgan fingerprint density at radius 3 is 2.68 bits per heavy atom. The largest absolute Gasteiger partial charge is 0.459 e. The van der Waals surface area contributed by atoms with E-state index < -0.39 is 0 Å². The van der Waals surface area contributed by atoms with Crippen LogP contribution in [0, 0.1) is 6.92 Å². The summed E-state index contributed by atoms with van der Waals surface area (Å²) in [6.07, 6.45) is 2.10. The Balaban J connectivity index is 1.92. The zero-order valence-electron chi connectivity index (χ0n) is 11.8. The van der Waals surface area contributed by atoms with E-state index >= 15 is 0 Å². The number of rotatable bonds is 4. The number of benzene rings is 1. The molecule has 3 rings (SSSR count). The fourth-order valence-corrected chi connectivity index (χ4v) is 2.19. The van der Waals surface area contributed by atoms with E-state index in [0.29, 0.717) is 17.7 Å². The monoisotopic (exact) mass is 295 g/mol. The molecule has 0 saturated heterocycles. The van der Waals surface area contributed by atoms with E-state index in [4.69, 9.17) is 8.83 Å². The molecule has 1 amide bonds. The van der Waals surface area contributed by atoms with Gasteiger partial charge in [-0.3, -0.25) is 9.59 Å². The highest BCUT2D eigenvalue weighted by molar-refractivity contribution is 6.03. The first kappa shape index (κ1) is 13.9. The molecule has 0 aliphatic heterocycles. The van der Waals surface area contributed by atoms with Gasteiger partial charge in [-0.25, -0.2) is 0 Å². The topological polar surface area (TPSA) is 72.5 Å². The first-order valence-electron chi connectivity index (χ1n) is 6.69. The molecule has 0 radical (unpaired) electrons. The Bertz CT molecular complexity index is 815. The fraction of sp³-hybridized carbons (Fsp3) is 0.0588. The van der Waals surface area contributed by atoms with Crippen molar-refractivity contribution in [3.05, 3.63) is 65.8 Å². The third-order valence-electron chi connectivity index (χ3n) is 3.34. The van der Waals surface area contributed by atoms with Crippen molar-refractivity contribution in [1.29, 1.82) is 0 Å². The first-order chi connectivity index (χ1) is 10.7. The molecule has 0 unspecified atom stereocenters. The van der Waals surface area contributed by atoms with Crippen LogP contribution in [0.15, 0.2) is 57.6 Å². The van der Waals surface area contributed by atoms with Crippen molar-refractivity contribution in [3.8, 4) is 11.3 Å². The van der Waals surface area contributed by atoms with E-state index in [1.54, 1.807) is 30.3 Å². The summed E-state index contributed by atoms with van der Waals surface area (Å²) in [6, 6.07) is 12.1. The van der Waals surface area contributed by atoms with Gasteiger partial charge < -0.3 is 14.2 Å². The van der Waals surface area contributed by atoms with Crippen LogP contribution in [0.5, 0.6) is 0 Å². The molecule has 0 aliphatic rings. The number of anilines is 1. The fourth-order valence-electron chi connectivity index (χ4n) is 2.19. The van der Waals surface area contributed by atoms with E-state index in [1.807, 2.05) is 19.1 Å². The Hall–Kier alpha value is -3.08. The number of hydrogen-bond donors (Lipinski definition) is 1. The maximum Gasteiger partial charge on any atom is 0.291 e. The van der Waals surface area contributed by atoms with E-state index in [-0.39, 0.29) is 17.4 Å². The predicted octanol–water partition coefficient (Wildman–Crippen LogP) is 3.91. The van der Waals surface area contributed by atoms with Crippen LogP contribution >= 0.6 is 0 Å². The minimum absolute atomic E-state index is 0.242. The third kappa shape index (κ3) is 2.56. The van der Waals surface area contributed by atoms with Crippen LogP contribution in [0.3, 0.4) is 0 Å². The molecule has 3 aromatic rings. The van der Waals surface area contributed by atoms with Crippen LogP contribution in [-0.4, -0.2) is 12.2 Å². The maximum atomic E-state index is 12.1. The minimum atomic E-state index is -0.321. The number of nitrogens with one attached hydrogen (secondary N) is 1. The maximum absolute atomic E-state index is 12.1. The lowest BCUT2D eigenvalue weighted by atomic mass is 10.0. The van der Waals surface area contributed by atoms with Crippen LogP contribution in [0.25, 0.3) is 11.3 Å². The average molecular weight is 295 g/mol. The Morgan fingerprint density at radius 1 is 1.14 bits per heavy atom. The average Bonchev–Trinajstić information content (AvgIpc) is 3.20. The lowest BCUT2D eigenvalue weighted by Gasteiger charge is -2.10. The van der Waals surface area contributed by atoms with Crippen LogP contribution in [-0.2, 0) is 0 Å². The molecule has 0 spiro atoms. The van der Waals surface area contributed by atoms with Crippen molar-refractivity contribution >= 4 is 17.9 Å². The van der Waals surface area contributed by atoms with Gasteiger partial charge in [0.2, 0.25) is 0 Å². The van der Waals surface area contributed by atoms with Gasteiger partial charge in [-0.1, -0.05) is 12.1 Å². The summed E-state index contributed by atoms with van der Waals surface area (Å²) < 4.78 is 10.5. The van der Waals surface area contributed by atoms with Gasteiger partial charge >= 0.3 is 0 Å². The van der Waals surface area contributed by atoms with Gasteiger partial charge in [0, 0.05) is 11.3 Å². The van der Waals surface area contributed by atoms with Gasteiger partial charge in [-0.15, -0.1) is 0 Å². The van der Waals surface area contributed by atoms with E-state index in [9.17, 15) is 9.59 Å². The lowest BCUT2D eigenvalue weighted by molar-refractivity contribution is 0.0996. The van der Waals surface area contributed by atoms with Crippen molar-refractivity contribution in [3.63, 3.8) is 0 Å². The van der Waals surface area contributed by atoms with Crippen molar-refractivity contribution < 1.29 is 18.4 Å². The number of furan rings is 2. The zero-order valence-corrected chi connectivity index (χ0v) is 11.8. The molecule has 1 N–H and O–H groups in total. The van der Waals surface area contributed by atoms with E-state index in [0.717, 1.165) is 11.1 Å². The van der Waals surface area contributed by atoms with Gasteiger partial charge in [-0.2, -0.15) is 0 Å². The van der Waals surface area contributed by atoms with Crippen LogP contribution in [0.4, 0.5) is 5.69 Å². The SMILES string of the molecule is Cc1c(NC(=O)c2ccco2)cccc1-c1ccc(C=O)o1. The molecule has 0 atom stereocenters. The Morgan fingerprint density at radius 2 is 2.00 bits per heavy atom. The molecule has 1 aromatic carbocycles. The minimum Gasteiger partial charge on any atom is -0.459 e. The molecule has 0 saturated carbocycles. The molecular weight excluding hydrogens is 282 g/mol. The van der Waals surface area contributed by atoms with Gasteiger partial charge in [0.25, 0.3) is 5.91 Å². The van der Waals surface area contributed by atoms with Crippen LogP contribution in [0.1, 0.15) is 26.7 Å². The molecule has 0 fully saturated rings. The first-order valence-corrected chi connectivity index (χ1v) is 6.69. The number of amides is 1. The van der Waals surface area contributed by atoms with Gasteiger partial charge in [0.1, 0.15) is 5.76 Å². The quantitative estimate of drug-likeness (QED) is 0.740. The summed E-state index contributed by atoms with van der Waals surface area (Å²) in [4.78, 5) is 22.8. The van der Waals surface area contributed by atoms with Crippen LogP contribution in [0.2, 0.25) is 0 Å². The number of hydrogen-bond acceptors (Lipinski definition) is 4. The van der Waals surface area contributed by atoms with Gasteiger partial charge in [0.05, 0.1) is 6.26 Å². The molecule has 2 aromatic heterocycles. The smallest absolute Gasteiger partial charge is 0.291 e. The van der Waals surface area contributed by atoms with E-state index in [2.05, 4.69) is 5.32 Å². The second kappa shape index (κ2) is 5.73. The number of carbonyl (C=O) groups excluding carboxylic acids is 2. The molecule has 0 aliphatic carbocycles. The van der Waals surface area contributed by atoms with Crippen molar-refractivity contribution in [2.45, 2.75) is 6.92 Å². The summed E-state index contributed by atoms with van der Waals surface area (Å²) in [5, 5.41) is 2.80. The molecule has 0 bridgehead atoms. The highest BCUT2D eigenvalue weighted by Gasteiger charge is 2.14. The summed E-state index contributed by atoms with van der Waals surface area (Å²) in [5.74, 6) is 0.762. The molecule has 5 nitrogen and oxygen atoms in total. The van der Waals surface area contributed by atoms with Gasteiger partial charge in [-0.05, 0) is 42.8 Å². The predicted molar refractivity (Wildman–Crippen MR) is 80.9 cm³/mol. The zero-order chi connectivity index (χ0) is 15.5. The molecular formula is C17H13NO4. The van der Waals surface area contributed by atoms with Crippen molar-refractivity contribution in [2.75, 3.05) is 5.32 Å². The summed E-state index contributed by atoms with van der Waals surface area (Å²) in [5.41, 5.74) is 2.31. The van der Waals surface area contributed by atoms with Crippen molar-refractivity contribution in [2.24, 2.45) is 0 Å². The number of carbonyl (C=O) groups is 2.